The summed E-state index contributed by atoms with van der Waals surface area (Å²) in [6.07, 6.45) is -0.214. The second kappa shape index (κ2) is 7.76. The average molecular weight is 425 g/mol. The molecule has 142 valence electrons. The van der Waals surface area contributed by atoms with Crippen LogP contribution in [0.2, 0.25) is 5.02 Å². The molecule has 0 radical (unpaired) electrons. The van der Waals surface area contributed by atoms with Crippen molar-refractivity contribution in [1.29, 1.82) is 0 Å². The van der Waals surface area contributed by atoms with Crippen molar-refractivity contribution in [3.63, 3.8) is 0 Å². The number of aliphatic hydroxyl groups excluding tert-OH is 2. The minimum atomic E-state index is -1.00. The predicted molar refractivity (Wildman–Crippen MR) is 109 cm³/mol. The molecule has 5 atom stereocenters. The molecule has 1 aliphatic heterocycles. The standard InChI is InChI=1S/C17H17ClN4O3S2/c18-8-1-3-9(4-2-8)20-17-21-12-13(24)11(23)7-10(14(12)27-17)15(25)22-16-19-5-6-26-16/h1-6,10-14,23-24H,7H2,(H,20,21)(H,19,22,25)/t10-,11+,12-,13-,14+/m0/s1. The maximum absolute atomic E-state index is 12.7. The van der Waals surface area contributed by atoms with E-state index in [1.54, 1.807) is 23.7 Å². The first-order chi connectivity index (χ1) is 13.0. The average Bonchev–Trinajstić information content (AvgIpc) is 3.30. The highest BCUT2D eigenvalue weighted by Gasteiger charge is 2.50. The van der Waals surface area contributed by atoms with Crippen molar-refractivity contribution in [2.24, 2.45) is 10.9 Å². The summed E-state index contributed by atoms with van der Waals surface area (Å²) >= 11 is 8.64. The first-order valence-electron chi connectivity index (χ1n) is 8.35. The molecular formula is C17H17ClN4O3S2. The van der Waals surface area contributed by atoms with Crippen LogP contribution in [0.3, 0.4) is 0 Å². The molecule has 10 heteroatoms. The molecular weight excluding hydrogens is 408 g/mol. The second-order valence-corrected chi connectivity index (χ2v) is 8.86. The van der Waals surface area contributed by atoms with E-state index in [1.807, 2.05) is 12.1 Å². The molecule has 4 N–H and O–H groups in total. The zero-order valence-electron chi connectivity index (χ0n) is 13.9. The fourth-order valence-electron chi connectivity index (χ4n) is 3.25. The van der Waals surface area contributed by atoms with E-state index < -0.39 is 24.2 Å². The number of amidine groups is 1. The van der Waals surface area contributed by atoms with E-state index in [2.05, 4.69) is 20.6 Å². The molecule has 1 aliphatic carbocycles. The molecule has 7 nitrogen and oxygen atoms in total. The number of hydrogen-bond acceptors (Lipinski definition) is 8. The molecule has 27 heavy (non-hydrogen) atoms. The van der Waals surface area contributed by atoms with Crippen LogP contribution < -0.4 is 10.6 Å². The topological polar surface area (TPSA) is 107 Å². The lowest BCUT2D eigenvalue weighted by Gasteiger charge is -2.37. The number of nitrogens with zero attached hydrogens (tertiary/aromatic N) is 2. The summed E-state index contributed by atoms with van der Waals surface area (Å²) in [7, 11) is 0. The number of hydrogen-bond donors (Lipinski definition) is 4. The zero-order valence-corrected chi connectivity index (χ0v) is 16.3. The van der Waals surface area contributed by atoms with Crippen LogP contribution in [-0.2, 0) is 4.79 Å². The molecule has 1 saturated carbocycles. The Morgan fingerprint density at radius 3 is 2.74 bits per heavy atom. The Balaban J connectivity index is 1.50. The summed E-state index contributed by atoms with van der Waals surface area (Å²) < 4.78 is 0. The molecule has 4 rings (SSSR count). The van der Waals surface area contributed by atoms with Crippen molar-refractivity contribution in [1.82, 2.24) is 4.98 Å². The van der Waals surface area contributed by atoms with E-state index in [0.717, 1.165) is 5.69 Å². The summed E-state index contributed by atoms with van der Waals surface area (Å²) in [6, 6.07) is 6.62. The molecule has 2 aromatic rings. The molecule has 1 amide bonds. The number of amides is 1. The van der Waals surface area contributed by atoms with Gasteiger partial charge in [0.15, 0.2) is 10.3 Å². The van der Waals surface area contributed by atoms with E-state index in [0.29, 0.717) is 15.3 Å². The number of halogens is 1. The largest absolute Gasteiger partial charge is 0.390 e. The Bertz CT molecular complexity index is 846. The summed E-state index contributed by atoms with van der Waals surface area (Å²) in [5.74, 6) is -0.711. The Labute approximate surface area is 168 Å². The van der Waals surface area contributed by atoms with Crippen LogP contribution in [0.15, 0.2) is 40.8 Å². The smallest absolute Gasteiger partial charge is 0.230 e. The number of benzene rings is 1. The Morgan fingerprint density at radius 2 is 2.04 bits per heavy atom. The maximum Gasteiger partial charge on any atom is 0.230 e. The minimum Gasteiger partial charge on any atom is -0.390 e. The van der Waals surface area contributed by atoms with Gasteiger partial charge < -0.3 is 20.8 Å². The lowest BCUT2D eigenvalue weighted by Crippen LogP contribution is -2.52. The molecule has 0 bridgehead atoms. The SMILES string of the molecule is O=C(Nc1nccs1)[C@H]1C[C@@H](O)[C@H](O)[C@@H]2N=C(Nc3ccc(Cl)cc3)S[C@@H]21. The highest BCUT2D eigenvalue weighted by molar-refractivity contribution is 8.15. The Kier molecular flexibility index (Phi) is 5.38. The first-order valence-corrected chi connectivity index (χ1v) is 10.5. The van der Waals surface area contributed by atoms with Gasteiger partial charge in [-0.05, 0) is 30.7 Å². The lowest BCUT2D eigenvalue weighted by atomic mass is 9.81. The summed E-state index contributed by atoms with van der Waals surface area (Å²) in [5, 5.41) is 29.8. The van der Waals surface area contributed by atoms with Gasteiger partial charge in [0, 0.05) is 27.5 Å². The van der Waals surface area contributed by atoms with E-state index >= 15 is 0 Å². The van der Waals surface area contributed by atoms with Gasteiger partial charge in [-0.2, -0.15) is 0 Å². The van der Waals surface area contributed by atoms with Gasteiger partial charge in [0.05, 0.1) is 18.1 Å². The van der Waals surface area contributed by atoms with Crippen molar-refractivity contribution in [2.75, 3.05) is 10.6 Å². The van der Waals surface area contributed by atoms with Gasteiger partial charge in [-0.3, -0.25) is 9.79 Å². The third kappa shape index (κ3) is 3.97. The fourth-order valence-corrected chi connectivity index (χ4v) is 5.28. The maximum atomic E-state index is 12.7. The second-order valence-electron chi connectivity index (χ2n) is 6.37. The van der Waals surface area contributed by atoms with Crippen molar-refractivity contribution in [2.45, 2.75) is 29.9 Å². The van der Waals surface area contributed by atoms with Crippen LogP contribution in [-0.4, -0.2) is 49.8 Å². The van der Waals surface area contributed by atoms with Crippen molar-refractivity contribution in [3.8, 4) is 0 Å². The number of thiazole rings is 1. The number of aliphatic hydroxyl groups is 2. The monoisotopic (exact) mass is 424 g/mol. The number of aromatic nitrogens is 1. The number of fused-ring (bicyclic) bond motifs is 1. The zero-order chi connectivity index (χ0) is 19.0. The van der Waals surface area contributed by atoms with Gasteiger partial charge in [-0.15, -0.1) is 11.3 Å². The number of carbonyl (C=O) groups is 1. The fraction of sp³-hybridized carbons (Fsp3) is 0.353. The van der Waals surface area contributed by atoms with Gasteiger partial charge in [-0.1, -0.05) is 23.4 Å². The third-order valence-corrected chi connectivity index (χ3v) is 6.83. The van der Waals surface area contributed by atoms with Crippen LogP contribution in [0.5, 0.6) is 0 Å². The third-order valence-electron chi connectivity index (χ3n) is 4.58. The number of carbonyl (C=O) groups excluding carboxylic acids is 1. The Hall–Kier alpha value is -1.65. The normalized spacial score (nSPS) is 29.7. The molecule has 0 unspecified atom stereocenters. The number of nitrogens with one attached hydrogen (secondary N) is 2. The number of rotatable bonds is 3. The molecule has 0 spiro atoms. The van der Waals surface area contributed by atoms with E-state index in [4.69, 9.17) is 11.6 Å². The molecule has 2 heterocycles. The molecule has 1 aromatic carbocycles. The molecule has 1 aromatic heterocycles. The Morgan fingerprint density at radius 1 is 1.26 bits per heavy atom. The van der Waals surface area contributed by atoms with Gasteiger partial charge in [0.25, 0.3) is 0 Å². The van der Waals surface area contributed by atoms with Crippen LogP contribution in [0, 0.1) is 5.92 Å². The molecule has 1 fully saturated rings. The van der Waals surface area contributed by atoms with E-state index in [1.165, 1.54) is 23.1 Å². The van der Waals surface area contributed by atoms with Crippen LogP contribution >= 0.6 is 34.7 Å². The van der Waals surface area contributed by atoms with Crippen LogP contribution in [0.1, 0.15) is 6.42 Å². The van der Waals surface area contributed by atoms with Gasteiger partial charge >= 0.3 is 0 Å². The number of anilines is 2. The quantitative estimate of drug-likeness (QED) is 0.603. The van der Waals surface area contributed by atoms with Crippen molar-refractivity contribution < 1.29 is 15.0 Å². The lowest BCUT2D eigenvalue weighted by molar-refractivity contribution is -0.124. The van der Waals surface area contributed by atoms with Crippen molar-refractivity contribution in [3.05, 3.63) is 40.9 Å². The molecule has 0 saturated heterocycles. The van der Waals surface area contributed by atoms with Crippen molar-refractivity contribution >= 4 is 56.6 Å². The highest BCUT2D eigenvalue weighted by atomic mass is 35.5. The number of thioether (sulfide) groups is 1. The predicted octanol–water partition coefficient (Wildman–Crippen LogP) is 2.43. The van der Waals surface area contributed by atoms with Gasteiger partial charge in [0.2, 0.25) is 5.91 Å². The van der Waals surface area contributed by atoms with Crippen LogP contribution in [0.4, 0.5) is 10.8 Å². The van der Waals surface area contributed by atoms with Crippen LogP contribution in [0.25, 0.3) is 0 Å². The highest BCUT2D eigenvalue weighted by Crippen LogP contribution is 2.41. The van der Waals surface area contributed by atoms with Gasteiger partial charge in [0.1, 0.15) is 6.10 Å². The number of aliphatic imine (C=N–C) groups is 1. The minimum absolute atomic E-state index is 0.177. The van der Waals surface area contributed by atoms with E-state index in [9.17, 15) is 15.0 Å². The summed E-state index contributed by atoms with van der Waals surface area (Å²) in [5.41, 5.74) is 0.808. The first kappa shape index (κ1) is 18.7. The molecule has 2 aliphatic rings. The summed E-state index contributed by atoms with van der Waals surface area (Å²) in [6.45, 7) is 0. The summed E-state index contributed by atoms with van der Waals surface area (Å²) in [4.78, 5) is 21.3. The van der Waals surface area contributed by atoms with E-state index in [-0.39, 0.29) is 17.6 Å². The van der Waals surface area contributed by atoms with Gasteiger partial charge in [-0.25, -0.2) is 4.98 Å².